The number of anilines is 1. The Morgan fingerprint density at radius 1 is 1.44 bits per heavy atom. The van der Waals surface area contributed by atoms with Crippen LogP contribution in [0.3, 0.4) is 0 Å². The number of halogens is 1. The third-order valence-corrected chi connectivity index (χ3v) is 2.30. The Labute approximate surface area is 100 Å². The molecular weight excluding hydrogens is 224 g/mol. The van der Waals surface area contributed by atoms with E-state index in [1.54, 1.807) is 18.2 Å². The number of hydrogen-bond donors (Lipinski definition) is 2. The lowest BCUT2D eigenvalue weighted by Gasteiger charge is -2.06. The van der Waals surface area contributed by atoms with E-state index in [1.807, 2.05) is 12.1 Å². The summed E-state index contributed by atoms with van der Waals surface area (Å²) in [6.07, 6.45) is 2.17. The van der Waals surface area contributed by atoms with Crippen molar-refractivity contribution in [2.75, 3.05) is 18.4 Å². The lowest BCUT2D eigenvalue weighted by molar-refractivity contribution is -0.116. The first-order valence-electron chi connectivity index (χ1n) is 5.10. The molecule has 0 aliphatic heterocycles. The molecule has 1 amide bonds. The number of amides is 1. The monoisotopic (exact) mass is 238 g/mol. The summed E-state index contributed by atoms with van der Waals surface area (Å²) in [6.45, 7) is 4.91. The zero-order valence-electron chi connectivity index (χ0n) is 9.00. The van der Waals surface area contributed by atoms with E-state index < -0.39 is 0 Å². The van der Waals surface area contributed by atoms with Gasteiger partial charge in [0.05, 0.1) is 10.7 Å². The standard InChI is InChI=1S/C12H15ClN2O/c1-2-8-14-9-7-12(16)15-11-6-4-3-5-10(11)13/h2-6,14H,1,7-9H2,(H,15,16). The van der Waals surface area contributed by atoms with Gasteiger partial charge < -0.3 is 10.6 Å². The third-order valence-electron chi connectivity index (χ3n) is 1.97. The van der Waals surface area contributed by atoms with Crippen molar-refractivity contribution in [1.29, 1.82) is 0 Å². The highest BCUT2D eigenvalue weighted by molar-refractivity contribution is 6.33. The van der Waals surface area contributed by atoms with E-state index in [2.05, 4.69) is 17.2 Å². The zero-order valence-corrected chi connectivity index (χ0v) is 9.76. The van der Waals surface area contributed by atoms with Crippen LogP contribution in [0.25, 0.3) is 0 Å². The summed E-state index contributed by atoms with van der Waals surface area (Å²) in [4.78, 5) is 11.5. The van der Waals surface area contributed by atoms with Crippen LogP contribution in [0.5, 0.6) is 0 Å². The first-order valence-corrected chi connectivity index (χ1v) is 5.48. The Hall–Kier alpha value is -1.32. The van der Waals surface area contributed by atoms with Crippen LogP contribution in [0.4, 0.5) is 5.69 Å². The molecule has 1 rings (SSSR count). The van der Waals surface area contributed by atoms with Crippen LogP contribution in [-0.2, 0) is 4.79 Å². The average Bonchev–Trinajstić information content (AvgIpc) is 2.28. The molecule has 2 N–H and O–H groups in total. The fourth-order valence-electron chi connectivity index (χ4n) is 1.18. The molecule has 0 aliphatic rings. The van der Waals surface area contributed by atoms with E-state index in [0.29, 0.717) is 30.2 Å². The van der Waals surface area contributed by atoms with Crippen LogP contribution in [0.2, 0.25) is 5.02 Å². The molecule has 0 saturated carbocycles. The molecule has 0 saturated heterocycles. The maximum atomic E-state index is 11.5. The second-order valence-electron chi connectivity index (χ2n) is 3.27. The fourth-order valence-corrected chi connectivity index (χ4v) is 1.36. The van der Waals surface area contributed by atoms with Gasteiger partial charge in [0.15, 0.2) is 0 Å². The maximum absolute atomic E-state index is 11.5. The van der Waals surface area contributed by atoms with Crippen LogP contribution in [0, 0.1) is 0 Å². The van der Waals surface area contributed by atoms with Gasteiger partial charge in [0.25, 0.3) is 0 Å². The lowest BCUT2D eigenvalue weighted by atomic mass is 10.3. The third kappa shape index (κ3) is 4.47. The molecule has 0 radical (unpaired) electrons. The molecule has 3 nitrogen and oxygen atoms in total. The van der Waals surface area contributed by atoms with Crippen LogP contribution >= 0.6 is 11.6 Å². The van der Waals surface area contributed by atoms with Crippen LogP contribution in [-0.4, -0.2) is 19.0 Å². The molecule has 1 aromatic carbocycles. The Morgan fingerprint density at radius 2 is 2.19 bits per heavy atom. The molecular formula is C12H15ClN2O. The molecule has 0 aromatic heterocycles. The van der Waals surface area contributed by atoms with Crippen molar-refractivity contribution in [1.82, 2.24) is 5.32 Å². The van der Waals surface area contributed by atoms with Gasteiger partial charge in [0.1, 0.15) is 0 Å². The van der Waals surface area contributed by atoms with Crippen molar-refractivity contribution in [3.8, 4) is 0 Å². The predicted octanol–water partition coefficient (Wildman–Crippen LogP) is 2.44. The summed E-state index contributed by atoms with van der Waals surface area (Å²) in [5, 5.41) is 6.36. The predicted molar refractivity (Wildman–Crippen MR) is 67.8 cm³/mol. The normalized spacial score (nSPS) is 9.81. The molecule has 16 heavy (non-hydrogen) atoms. The molecule has 4 heteroatoms. The number of nitrogens with one attached hydrogen (secondary N) is 2. The van der Waals surface area contributed by atoms with Crippen LogP contribution in [0.1, 0.15) is 6.42 Å². The van der Waals surface area contributed by atoms with Crippen LogP contribution in [0.15, 0.2) is 36.9 Å². The van der Waals surface area contributed by atoms with Gasteiger partial charge in [-0.1, -0.05) is 29.8 Å². The highest BCUT2D eigenvalue weighted by Crippen LogP contribution is 2.20. The van der Waals surface area contributed by atoms with E-state index >= 15 is 0 Å². The summed E-state index contributed by atoms with van der Waals surface area (Å²) in [6, 6.07) is 7.17. The van der Waals surface area contributed by atoms with E-state index in [1.165, 1.54) is 0 Å². The number of rotatable bonds is 6. The van der Waals surface area contributed by atoms with Gasteiger partial charge >= 0.3 is 0 Å². The van der Waals surface area contributed by atoms with Gasteiger partial charge in [-0.25, -0.2) is 0 Å². The topological polar surface area (TPSA) is 41.1 Å². The quantitative estimate of drug-likeness (QED) is 0.591. The highest BCUT2D eigenvalue weighted by atomic mass is 35.5. The Balaban J connectivity index is 2.34. The number of carbonyl (C=O) groups is 1. The molecule has 0 spiro atoms. The second kappa shape index (κ2) is 7.04. The summed E-state index contributed by atoms with van der Waals surface area (Å²) >= 11 is 5.91. The largest absolute Gasteiger partial charge is 0.325 e. The fraction of sp³-hybridized carbons (Fsp3) is 0.250. The van der Waals surface area contributed by atoms with Gasteiger partial charge in [-0.15, -0.1) is 6.58 Å². The smallest absolute Gasteiger partial charge is 0.225 e. The Morgan fingerprint density at radius 3 is 2.88 bits per heavy atom. The Bertz CT molecular complexity index is 366. The van der Waals surface area contributed by atoms with Gasteiger partial charge in [-0.2, -0.15) is 0 Å². The summed E-state index contributed by atoms with van der Waals surface area (Å²) in [5.74, 6) is -0.0512. The number of benzene rings is 1. The van der Waals surface area contributed by atoms with Crippen LogP contribution < -0.4 is 10.6 Å². The molecule has 0 aliphatic carbocycles. The van der Waals surface area contributed by atoms with Crippen molar-refractivity contribution >= 4 is 23.2 Å². The molecule has 0 unspecified atom stereocenters. The van der Waals surface area contributed by atoms with Crippen molar-refractivity contribution < 1.29 is 4.79 Å². The second-order valence-corrected chi connectivity index (χ2v) is 3.68. The van der Waals surface area contributed by atoms with E-state index in [0.717, 1.165) is 0 Å². The molecule has 1 aromatic rings. The molecule has 86 valence electrons. The maximum Gasteiger partial charge on any atom is 0.225 e. The molecule has 0 bridgehead atoms. The first-order chi connectivity index (χ1) is 7.74. The van der Waals surface area contributed by atoms with Gasteiger partial charge in [-0.3, -0.25) is 4.79 Å². The minimum absolute atomic E-state index is 0.0512. The van der Waals surface area contributed by atoms with Crippen molar-refractivity contribution in [3.05, 3.63) is 41.9 Å². The summed E-state index contributed by atoms with van der Waals surface area (Å²) < 4.78 is 0. The average molecular weight is 239 g/mol. The van der Waals surface area contributed by atoms with E-state index in [9.17, 15) is 4.79 Å². The van der Waals surface area contributed by atoms with Crippen molar-refractivity contribution in [3.63, 3.8) is 0 Å². The number of para-hydroxylation sites is 1. The minimum Gasteiger partial charge on any atom is -0.325 e. The van der Waals surface area contributed by atoms with E-state index in [4.69, 9.17) is 11.6 Å². The summed E-state index contributed by atoms with van der Waals surface area (Å²) in [5.41, 5.74) is 0.651. The Kier molecular flexibility index (Phi) is 5.61. The van der Waals surface area contributed by atoms with Crippen molar-refractivity contribution in [2.45, 2.75) is 6.42 Å². The highest BCUT2D eigenvalue weighted by Gasteiger charge is 2.03. The summed E-state index contributed by atoms with van der Waals surface area (Å²) in [7, 11) is 0. The zero-order chi connectivity index (χ0) is 11.8. The lowest BCUT2D eigenvalue weighted by Crippen LogP contribution is -2.21. The SMILES string of the molecule is C=CCNCCC(=O)Nc1ccccc1Cl. The first kappa shape index (κ1) is 12.7. The molecule has 0 heterocycles. The van der Waals surface area contributed by atoms with E-state index in [-0.39, 0.29) is 5.91 Å². The number of hydrogen-bond acceptors (Lipinski definition) is 2. The van der Waals surface area contributed by atoms with Crippen molar-refractivity contribution in [2.24, 2.45) is 0 Å². The van der Waals surface area contributed by atoms with Gasteiger partial charge in [0.2, 0.25) is 5.91 Å². The molecule has 0 atom stereocenters. The molecule has 0 fully saturated rings. The van der Waals surface area contributed by atoms with Gasteiger partial charge in [0, 0.05) is 19.5 Å². The number of carbonyl (C=O) groups excluding carboxylic acids is 1. The minimum atomic E-state index is -0.0512. The van der Waals surface area contributed by atoms with Gasteiger partial charge in [-0.05, 0) is 12.1 Å².